The van der Waals surface area contributed by atoms with E-state index in [4.69, 9.17) is 4.74 Å². The Balaban J connectivity index is 1.27. The maximum atomic E-state index is 13.2. The zero-order valence-electron chi connectivity index (χ0n) is 17.0. The minimum absolute atomic E-state index is 0.195. The molecule has 160 valence electrons. The SMILES string of the molecule is O=S(=O)(c1ccc(-c2ccc(F)cc2)cc1)N1CCC2(CC1)CN(C1CC1)CCO2. The van der Waals surface area contributed by atoms with Crippen LogP contribution in [0.25, 0.3) is 11.1 Å². The van der Waals surface area contributed by atoms with E-state index < -0.39 is 10.0 Å². The lowest BCUT2D eigenvalue weighted by Crippen LogP contribution is -2.57. The monoisotopic (exact) mass is 430 g/mol. The molecule has 3 fully saturated rings. The van der Waals surface area contributed by atoms with Gasteiger partial charge in [0.2, 0.25) is 10.0 Å². The van der Waals surface area contributed by atoms with E-state index in [-0.39, 0.29) is 11.4 Å². The number of morpholine rings is 1. The number of sulfonamides is 1. The zero-order valence-corrected chi connectivity index (χ0v) is 17.8. The van der Waals surface area contributed by atoms with E-state index in [0.29, 0.717) is 24.0 Å². The molecule has 1 spiro atoms. The van der Waals surface area contributed by atoms with Crippen LogP contribution in [0, 0.1) is 5.82 Å². The van der Waals surface area contributed by atoms with Crippen LogP contribution in [0.5, 0.6) is 0 Å². The predicted octanol–water partition coefficient (Wildman–Crippen LogP) is 3.51. The molecular formula is C23H27FN2O3S. The van der Waals surface area contributed by atoms with Crippen molar-refractivity contribution in [1.82, 2.24) is 9.21 Å². The molecule has 7 heteroatoms. The molecule has 0 aromatic heterocycles. The summed E-state index contributed by atoms with van der Waals surface area (Å²) in [5.74, 6) is -0.289. The van der Waals surface area contributed by atoms with Crippen LogP contribution in [0.3, 0.4) is 0 Å². The van der Waals surface area contributed by atoms with Crippen LogP contribution < -0.4 is 0 Å². The molecule has 2 saturated heterocycles. The lowest BCUT2D eigenvalue weighted by molar-refractivity contribution is -0.131. The minimum Gasteiger partial charge on any atom is -0.372 e. The van der Waals surface area contributed by atoms with Crippen LogP contribution in [-0.2, 0) is 14.8 Å². The number of rotatable bonds is 4. The summed E-state index contributed by atoms with van der Waals surface area (Å²) in [6, 6.07) is 13.8. The highest BCUT2D eigenvalue weighted by Gasteiger charge is 2.45. The van der Waals surface area contributed by atoms with Crippen LogP contribution >= 0.6 is 0 Å². The second kappa shape index (κ2) is 7.71. The van der Waals surface area contributed by atoms with Crippen LogP contribution in [0.15, 0.2) is 53.4 Å². The number of nitrogens with zero attached hydrogens (tertiary/aromatic N) is 2. The Hall–Kier alpha value is -1.80. The van der Waals surface area contributed by atoms with Crippen molar-refractivity contribution in [3.05, 3.63) is 54.3 Å². The molecule has 30 heavy (non-hydrogen) atoms. The number of halogens is 1. The fourth-order valence-corrected chi connectivity index (χ4v) is 6.11. The zero-order chi connectivity index (χ0) is 20.8. The molecule has 2 aliphatic heterocycles. The summed E-state index contributed by atoms with van der Waals surface area (Å²) in [6.07, 6.45) is 4.04. The van der Waals surface area contributed by atoms with Crippen molar-refractivity contribution in [2.45, 2.75) is 42.2 Å². The summed E-state index contributed by atoms with van der Waals surface area (Å²) in [7, 11) is -3.54. The van der Waals surface area contributed by atoms with Gasteiger partial charge in [0.05, 0.1) is 17.1 Å². The van der Waals surface area contributed by atoms with Crippen LogP contribution in [0.2, 0.25) is 0 Å². The second-order valence-corrected chi connectivity index (χ2v) is 10.6. The van der Waals surface area contributed by atoms with Gasteiger partial charge in [0.15, 0.2) is 0 Å². The van der Waals surface area contributed by atoms with E-state index in [1.165, 1.54) is 25.0 Å². The summed E-state index contributed by atoms with van der Waals surface area (Å²) in [4.78, 5) is 2.83. The van der Waals surface area contributed by atoms with Crippen molar-refractivity contribution < 1.29 is 17.5 Å². The molecule has 0 unspecified atom stereocenters. The first-order valence-corrected chi connectivity index (χ1v) is 12.1. The molecule has 5 rings (SSSR count). The standard InChI is InChI=1S/C23H27FN2O3S/c24-20-5-1-18(2-6-20)19-3-9-22(10-4-19)30(27,28)26-13-11-23(12-14-26)17-25(15-16-29-23)21-7-8-21/h1-6,9-10,21H,7-8,11-17H2. The van der Waals surface area contributed by atoms with Gasteiger partial charge >= 0.3 is 0 Å². The van der Waals surface area contributed by atoms with Crippen molar-refractivity contribution in [3.8, 4) is 11.1 Å². The molecule has 2 aromatic carbocycles. The molecule has 0 atom stereocenters. The topological polar surface area (TPSA) is 49.9 Å². The van der Waals surface area contributed by atoms with Gasteiger partial charge in [-0.3, -0.25) is 4.90 Å². The molecule has 1 aliphatic carbocycles. The number of hydrogen-bond donors (Lipinski definition) is 0. The molecule has 3 aliphatic rings. The van der Waals surface area contributed by atoms with Crippen molar-refractivity contribution >= 4 is 10.0 Å². The normalized spacial score (nSPS) is 23.0. The first-order valence-electron chi connectivity index (χ1n) is 10.7. The molecular weight excluding hydrogens is 403 g/mol. The van der Waals surface area contributed by atoms with Crippen molar-refractivity contribution in [1.29, 1.82) is 0 Å². The van der Waals surface area contributed by atoms with Gasteiger partial charge in [-0.05, 0) is 61.1 Å². The molecule has 0 N–H and O–H groups in total. The quantitative estimate of drug-likeness (QED) is 0.745. The maximum Gasteiger partial charge on any atom is 0.243 e. The lowest BCUT2D eigenvalue weighted by atomic mass is 9.90. The smallest absolute Gasteiger partial charge is 0.243 e. The number of piperidine rings is 1. The molecule has 2 aromatic rings. The Labute approximate surface area is 177 Å². The molecule has 5 nitrogen and oxygen atoms in total. The third kappa shape index (κ3) is 3.91. The Morgan fingerprint density at radius 1 is 0.900 bits per heavy atom. The van der Waals surface area contributed by atoms with Gasteiger partial charge in [-0.1, -0.05) is 24.3 Å². The van der Waals surface area contributed by atoms with Crippen LogP contribution in [0.1, 0.15) is 25.7 Å². The van der Waals surface area contributed by atoms with Gasteiger partial charge in [0.25, 0.3) is 0 Å². The summed E-state index contributed by atoms with van der Waals surface area (Å²) in [6.45, 7) is 3.64. The van der Waals surface area contributed by atoms with E-state index in [9.17, 15) is 12.8 Å². The molecule has 0 radical (unpaired) electrons. The third-order valence-corrected chi connectivity index (χ3v) is 8.56. The average Bonchev–Trinajstić information content (AvgIpc) is 3.60. The Morgan fingerprint density at radius 3 is 2.10 bits per heavy atom. The van der Waals surface area contributed by atoms with E-state index in [1.807, 2.05) is 0 Å². The fourth-order valence-electron chi connectivity index (χ4n) is 4.67. The predicted molar refractivity (Wildman–Crippen MR) is 113 cm³/mol. The van der Waals surface area contributed by atoms with E-state index in [0.717, 1.165) is 43.7 Å². The highest BCUT2D eigenvalue weighted by Crippen LogP contribution is 2.37. The highest BCUT2D eigenvalue weighted by atomic mass is 32.2. The third-order valence-electron chi connectivity index (χ3n) is 6.64. The Kier molecular flexibility index (Phi) is 5.17. The Bertz CT molecular complexity index is 996. The fraction of sp³-hybridized carbons (Fsp3) is 0.478. The number of hydrogen-bond acceptors (Lipinski definition) is 4. The summed E-state index contributed by atoms with van der Waals surface area (Å²) < 4.78 is 47.2. The molecule has 1 saturated carbocycles. The van der Waals surface area contributed by atoms with Gasteiger partial charge in [0.1, 0.15) is 5.82 Å². The highest BCUT2D eigenvalue weighted by molar-refractivity contribution is 7.89. The molecule has 0 amide bonds. The number of benzene rings is 2. The summed E-state index contributed by atoms with van der Waals surface area (Å²) >= 11 is 0. The maximum absolute atomic E-state index is 13.2. The van der Waals surface area contributed by atoms with E-state index in [2.05, 4.69) is 4.90 Å². The van der Waals surface area contributed by atoms with Crippen molar-refractivity contribution in [3.63, 3.8) is 0 Å². The van der Waals surface area contributed by atoms with E-state index >= 15 is 0 Å². The van der Waals surface area contributed by atoms with Crippen molar-refractivity contribution in [2.75, 3.05) is 32.8 Å². The first-order chi connectivity index (χ1) is 14.5. The average molecular weight is 431 g/mol. The summed E-state index contributed by atoms with van der Waals surface area (Å²) in [5, 5.41) is 0. The number of ether oxygens (including phenoxy) is 1. The van der Waals surface area contributed by atoms with Crippen molar-refractivity contribution in [2.24, 2.45) is 0 Å². The van der Waals surface area contributed by atoms with Gasteiger partial charge in [-0.2, -0.15) is 4.31 Å². The van der Waals surface area contributed by atoms with Crippen LogP contribution in [-0.4, -0.2) is 62.1 Å². The second-order valence-electron chi connectivity index (χ2n) is 8.67. The van der Waals surface area contributed by atoms with E-state index in [1.54, 1.807) is 40.7 Å². The Morgan fingerprint density at radius 2 is 1.50 bits per heavy atom. The van der Waals surface area contributed by atoms with Gasteiger partial charge in [-0.15, -0.1) is 0 Å². The lowest BCUT2D eigenvalue weighted by Gasteiger charge is -2.47. The minimum atomic E-state index is -3.54. The van der Waals surface area contributed by atoms with Gasteiger partial charge in [0, 0.05) is 32.2 Å². The van der Waals surface area contributed by atoms with Crippen LogP contribution in [0.4, 0.5) is 4.39 Å². The largest absolute Gasteiger partial charge is 0.372 e. The van der Waals surface area contributed by atoms with Gasteiger partial charge < -0.3 is 4.74 Å². The summed E-state index contributed by atoms with van der Waals surface area (Å²) in [5.41, 5.74) is 1.52. The molecule has 2 heterocycles. The first kappa shape index (κ1) is 20.1. The molecule has 0 bridgehead atoms. The van der Waals surface area contributed by atoms with Gasteiger partial charge in [-0.25, -0.2) is 12.8 Å².